The Morgan fingerprint density at radius 3 is 2.36 bits per heavy atom. The summed E-state index contributed by atoms with van der Waals surface area (Å²) in [5.41, 5.74) is 0.761. The van der Waals surface area contributed by atoms with Crippen molar-refractivity contribution in [1.82, 2.24) is 15.5 Å². The van der Waals surface area contributed by atoms with Crippen LogP contribution in [0.1, 0.15) is 70.5 Å². The number of unbranched alkanes of at least 4 members (excludes halogenated alkanes) is 3. The van der Waals surface area contributed by atoms with Crippen molar-refractivity contribution in [1.29, 1.82) is 0 Å². The Labute approximate surface area is 220 Å². The maximum Gasteiger partial charge on any atom is 0.408 e. The van der Waals surface area contributed by atoms with Crippen LogP contribution < -0.4 is 10.6 Å². The first-order chi connectivity index (χ1) is 16.9. The van der Waals surface area contributed by atoms with Crippen LogP contribution in [0.3, 0.4) is 0 Å². The van der Waals surface area contributed by atoms with E-state index in [2.05, 4.69) is 34.9 Å². The second kappa shape index (κ2) is 15.4. The average molecular weight is 524 g/mol. The number of hydrogen-bond acceptors (Lipinski definition) is 7. The highest BCUT2D eigenvalue weighted by atomic mass is 32.1. The fourth-order valence-electron chi connectivity index (χ4n) is 3.55. The summed E-state index contributed by atoms with van der Waals surface area (Å²) in [4.78, 5) is 52.7. The van der Waals surface area contributed by atoms with Crippen molar-refractivity contribution in [2.75, 3.05) is 26.0 Å². The summed E-state index contributed by atoms with van der Waals surface area (Å²) < 4.78 is 9.95. The van der Waals surface area contributed by atoms with Crippen molar-refractivity contribution in [3.63, 3.8) is 0 Å². The smallest absolute Gasteiger partial charge is 0.408 e. The van der Waals surface area contributed by atoms with E-state index in [1.54, 1.807) is 32.9 Å². The first-order valence-corrected chi connectivity index (χ1v) is 12.9. The number of nitrogens with one attached hydrogen (secondary N) is 2. The lowest BCUT2D eigenvalue weighted by atomic mass is 10.0. The van der Waals surface area contributed by atoms with Crippen LogP contribution >= 0.6 is 12.6 Å². The first kappa shape index (κ1) is 31.3. The van der Waals surface area contributed by atoms with Crippen molar-refractivity contribution in [3.05, 3.63) is 35.4 Å². The molecule has 2 unspecified atom stereocenters. The molecule has 202 valence electrons. The molecule has 0 aliphatic rings. The second-order valence-electron chi connectivity index (χ2n) is 9.58. The number of thiol groups is 1. The van der Waals surface area contributed by atoms with E-state index in [-0.39, 0.29) is 18.8 Å². The van der Waals surface area contributed by atoms with Crippen molar-refractivity contribution in [2.45, 2.75) is 78.0 Å². The molecule has 36 heavy (non-hydrogen) atoms. The fourth-order valence-corrected chi connectivity index (χ4v) is 3.80. The molecule has 0 aliphatic heterocycles. The van der Waals surface area contributed by atoms with Gasteiger partial charge in [0.05, 0.1) is 7.11 Å². The number of amides is 3. The van der Waals surface area contributed by atoms with Crippen LogP contribution in [0.5, 0.6) is 0 Å². The Balaban J connectivity index is 3.37. The van der Waals surface area contributed by atoms with Crippen LogP contribution in [-0.2, 0) is 23.9 Å². The molecule has 0 radical (unpaired) electrons. The van der Waals surface area contributed by atoms with E-state index in [4.69, 9.17) is 4.74 Å². The van der Waals surface area contributed by atoms with E-state index in [1.165, 1.54) is 12.0 Å². The number of rotatable bonds is 13. The van der Waals surface area contributed by atoms with Crippen molar-refractivity contribution >= 4 is 36.5 Å². The van der Waals surface area contributed by atoms with Crippen LogP contribution in [0.15, 0.2) is 24.3 Å². The Bertz CT molecular complexity index is 887. The number of alkyl carbamates (subject to hydrolysis) is 1. The van der Waals surface area contributed by atoms with Crippen LogP contribution in [0, 0.1) is 6.92 Å². The van der Waals surface area contributed by atoms with Gasteiger partial charge < -0.3 is 25.0 Å². The summed E-state index contributed by atoms with van der Waals surface area (Å²) >= 11 is 4.29. The molecule has 0 saturated heterocycles. The molecule has 3 amide bonds. The fraction of sp³-hybridized carbons (Fsp3) is 0.615. The molecule has 1 aromatic rings. The van der Waals surface area contributed by atoms with E-state index < -0.39 is 41.6 Å². The quantitative estimate of drug-likeness (QED) is 0.207. The molecule has 9 nitrogen and oxygen atoms in total. The van der Waals surface area contributed by atoms with E-state index in [9.17, 15) is 19.2 Å². The molecule has 0 fully saturated rings. The first-order valence-electron chi connectivity index (χ1n) is 12.2. The summed E-state index contributed by atoms with van der Waals surface area (Å²) in [7, 11) is 1.23. The molecule has 0 aliphatic carbocycles. The van der Waals surface area contributed by atoms with Gasteiger partial charge in [0.15, 0.2) is 0 Å². The molecular formula is C26H41N3O6S. The van der Waals surface area contributed by atoms with Crippen molar-refractivity contribution < 1.29 is 28.7 Å². The zero-order valence-corrected chi connectivity index (χ0v) is 23.2. The summed E-state index contributed by atoms with van der Waals surface area (Å²) in [6.07, 6.45) is 2.78. The van der Waals surface area contributed by atoms with E-state index in [1.807, 2.05) is 19.1 Å². The zero-order valence-electron chi connectivity index (χ0n) is 22.3. The number of ether oxygens (including phenoxy) is 2. The number of esters is 1. The highest BCUT2D eigenvalue weighted by molar-refractivity contribution is 7.80. The van der Waals surface area contributed by atoms with E-state index in [0.717, 1.165) is 24.8 Å². The molecule has 0 spiro atoms. The minimum absolute atomic E-state index is 0.00779. The molecule has 0 saturated carbocycles. The van der Waals surface area contributed by atoms with Gasteiger partial charge in [-0.3, -0.25) is 14.4 Å². The Hall–Kier alpha value is -2.75. The van der Waals surface area contributed by atoms with Gasteiger partial charge in [-0.05, 0) is 39.7 Å². The van der Waals surface area contributed by atoms with Gasteiger partial charge >= 0.3 is 12.1 Å². The average Bonchev–Trinajstić information content (AvgIpc) is 2.81. The normalized spacial score (nSPS) is 12.8. The van der Waals surface area contributed by atoms with Gasteiger partial charge in [-0.1, -0.05) is 56.0 Å². The SMILES string of the molecule is CCCCCCN(C(=O)C(CS)NC(=O)OC(C)(C)C)C(C(=O)NCC(=O)OC)c1cccc(C)c1. The number of carbonyl (C=O) groups excluding carboxylic acids is 4. The van der Waals surface area contributed by atoms with E-state index in [0.29, 0.717) is 12.0 Å². The third-order valence-corrected chi connectivity index (χ3v) is 5.62. The van der Waals surface area contributed by atoms with Gasteiger partial charge in [-0.15, -0.1) is 0 Å². The number of benzene rings is 1. The standard InChI is InChI=1S/C26H41N3O6S/c1-7-8-9-10-14-29(24(32)20(17-36)28-25(33)35-26(3,4)5)22(19-13-11-12-18(2)15-19)23(31)27-16-21(30)34-6/h11-13,15,20,22,36H,7-10,14,16-17H2,1-6H3,(H,27,31)(H,28,33). The lowest BCUT2D eigenvalue weighted by Gasteiger charge is -2.34. The van der Waals surface area contributed by atoms with Crippen LogP contribution in [0.2, 0.25) is 0 Å². The van der Waals surface area contributed by atoms with Crippen molar-refractivity contribution in [2.24, 2.45) is 0 Å². The maximum atomic E-state index is 13.8. The van der Waals surface area contributed by atoms with Crippen LogP contribution in [0.25, 0.3) is 0 Å². The number of carbonyl (C=O) groups is 4. The topological polar surface area (TPSA) is 114 Å². The van der Waals surface area contributed by atoms with E-state index >= 15 is 0 Å². The van der Waals surface area contributed by atoms with Gasteiger partial charge in [0, 0.05) is 12.3 Å². The molecule has 0 aromatic heterocycles. The lowest BCUT2D eigenvalue weighted by molar-refractivity contribution is -0.144. The zero-order chi connectivity index (χ0) is 27.3. The van der Waals surface area contributed by atoms with Gasteiger partial charge in [-0.25, -0.2) is 4.79 Å². The lowest BCUT2D eigenvalue weighted by Crippen LogP contribution is -2.54. The van der Waals surface area contributed by atoms with Crippen molar-refractivity contribution in [3.8, 4) is 0 Å². The van der Waals surface area contributed by atoms with Gasteiger partial charge in [-0.2, -0.15) is 12.6 Å². The van der Waals surface area contributed by atoms with Gasteiger partial charge in [0.1, 0.15) is 24.2 Å². The summed E-state index contributed by atoms with van der Waals surface area (Å²) in [5, 5.41) is 5.17. The predicted molar refractivity (Wildman–Crippen MR) is 142 cm³/mol. The number of aryl methyl sites for hydroxylation is 1. The third-order valence-electron chi connectivity index (χ3n) is 5.26. The number of methoxy groups -OCH3 is 1. The minimum Gasteiger partial charge on any atom is -0.468 e. The Morgan fingerprint density at radius 2 is 1.81 bits per heavy atom. The number of hydrogen-bond donors (Lipinski definition) is 3. The molecule has 0 bridgehead atoms. The van der Waals surface area contributed by atoms with Crippen LogP contribution in [0.4, 0.5) is 4.79 Å². The highest BCUT2D eigenvalue weighted by Gasteiger charge is 2.35. The van der Waals surface area contributed by atoms with Gasteiger partial charge in [0.25, 0.3) is 0 Å². The summed E-state index contributed by atoms with van der Waals surface area (Å²) in [6, 6.07) is 5.24. The minimum atomic E-state index is -1.02. The third kappa shape index (κ3) is 10.9. The summed E-state index contributed by atoms with van der Waals surface area (Å²) in [6.45, 7) is 9.10. The Kier molecular flexibility index (Phi) is 13.4. The summed E-state index contributed by atoms with van der Waals surface area (Å²) in [5.74, 6) is -1.59. The number of nitrogens with zero attached hydrogens (tertiary/aromatic N) is 1. The maximum absolute atomic E-state index is 13.8. The molecule has 1 aromatic carbocycles. The molecule has 0 heterocycles. The molecular weight excluding hydrogens is 482 g/mol. The molecule has 2 N–H and O–H groups in total. The second-order valence-corrected chi connectivity index (χ2v) is 9.95. The molecule has 10 heteroatoms. The molecule has 1 rings (SSSR count). The monoisotopic (exact) mass is 523 g/mol. The highest BCUT2D eigenvalue weighted by Crippen LogP contribution is 2.25. The predicted octanol–water partition coefficient (Wildman–Crippen LogP) is 3.56. The Morgan fingerprint density at radius 1 is 1.11 bits per heavy atom. The largest absolute Gasteiger partial charge is 0.468 e. The van der Waals surface area contributed by atoms with Gasteiger partial charge in [0.2, 0.25) is 11.8 Å². The van der Waals surface area contributed by atoms with Crippen LogP contribution in [-0.4, -0.2) is 66.4 Å². The molecule has 2 atom stereocenters.